The van der Waals surface area contributed by atoms with E-state index in [1.807, 2.05) is 24.3 Å². The number of nitrogens with two attached hydrogens (primary N) is 1. The highest BCUT2D eigenvalue weighted by atomic mass is 35.5. The molecule has 5 heteroatoms. The summed E-state index contributed by atoms with van der Waals surface area (Å²) in [5, 5.41) is 0.707. The van der Waals surface area contributed by atoms with Crippen LogP contribution in [0.3, 0.4) is 0 Å². The number of halogens is 1. The predicted molar refractivity (Wildman–Crippen MR) is 76.9 cm³/mol. The first-order chi connectivity index (χ1) is 9.28. The van der Waals surface area contributed by atoms with Crippen molar-refractivity contribution in [3.05, 3.63) is 40.5 Å². The number of nitrogens with zero attached hydrogens (tertiary/aromatic N) is 2. The zero-order valence-electron chi connectivity index (χ0n) is 10.5. The maximum atomic E-state index is 5.90. The van der Waals surface area contributed by atoms with Gasteiger partial charge in [0.15, 0.2) is 5.82 Å². The van der Waals surface area contributed by atoms with Gasteiger partial charge >= 0.3 is 0 Å². The lowest BCUT2D eigenvalue weighted by atomic mass is 9.96. The lowest BCUT2D eigenvalue weighted by Gasteiger charge is -2.18. The minimum atomic E-state index is 0.699. The number of hydrazine groups is 1. The summed E-state index contributed by atoms with van der Waals surface area (Å²) in [7, 11) is 0. The van der Waals surface area contributed by atoms with Gasteiger partial charge in [0.1, 0.15) is 5.82 Å². The maximum absolute atomic E-state index is 5.90. The van der Waals surface area contributed by atoms with Gasteiger partial charge in [-0.1, -0.05) is 11.6 Å². The molecule has 2 aromatic rings. The molecule has 1 aromatic heterocycles. The van der Waals surface area contributed by atoms with Crippen molar-refractivity contribution in [2.75, 3.05) is 5.43 Å². The van der Waals surface area contributed by atoms with Crippen molar-refractivity contribution in [3.63, 3.8) is 0 Å². The van der Waals surface area contributed by atoms with Crippen LogP contribution >= 0.6 is 11.6 Å². The van der Waals surface area contributed by atoms with Crippen molar-refractivity contribution in [2.24, 2.45) is 5.84 Å². The highest BCUT2D eigenvalue weighted by Crippen LogP contribution is 2.28. The van der Waals surface area contributed by atoms with Crippen LogP contribution in [0.2, 0.25) is 5.02 Å². The van der Waals surface area contributed by atoms with E-state index in [1.54, 1.807) is 0 Å². The summed E-state index contributed by atoms with van der Waals surface area (Å²) >= 11 is 5.90. The predicted octanol–water partition coefficient (Wildman–Crippen LogP) is 2.96. The molecule has 0 unspecified atom stereocenters. The Morgan fingerprint density at radius 1 is 1.05 bits per heavy atom. The Morgan fingerprint density at radius 3 is 2.53 bits per heavy atom. The van der Waals surface area contributed by atoms with Crippen molar-refractivity contribution in [1.29, 1.82) is 0 Å². The van der Waals surface area contributed by atoms with Gasteiger partial charge in [-0.25, -0.2) is 15.8 Å². The minimum absolute atomic E-state index is 0.699. The van der Waals surface area contributed by atoms with Gasteiger partial charge in [-0.05, 0) is 49.9 Å². The Balaban J connectivity index is 2.09. The summed E-state index contributed by atoms with van der Waals surface area (Å²) in [4.78, 5) is 9.19. The Morgan fingerprint density at radius 2 is 1.79 bits per heavy atom. The fourth-order valence-corrected chi connectivity index (χ4v) is 2.57. The molecule has 0 bridgehead atoms. The number of anilines is 1. The number of nitrogens with one attached hydrogen (secondary N) is 1. The van der Waals surface area contributed by atoms with E-state index in [4.69, 9.17) is 17.4 Å². The van der Waals surface area contributed by atoms with Crippen LogP contribution in [0.1, 0.15) is 24.1 Å². The van der Waals surface area contributed by atoms with E-state index in [-0.39, 0.29) is 0 Å². The van der Waals surface area contributed by atoms with Crippen LogP contribution in [0.25, 0.3) is 11.4 Å². The van der Waals surface area contributed by atoms with Crippen LogP contribution in [0, 0.1) is 0 Å². The molecule has 1 aliphatic rings. The van der Waals surface area contributed by atoms with Crippen molar-refractivity contribution in [2.45, 2.75) is 25.7 Å². The van der Waals surface area contributed by atoms with Crippen molar-refractivity contribution in [1.82, 2.24) is 9.97 Å². The van der Waals surface area contributed by atoms with Gasteiger partial charge in [-0.2, -0.15) is 0 Å². The molecule has 1 heterocycles. The molecule has 0 saturated heterocycles. The average Bonchev–Trinajstić information content (AvgIpc) is 2.47. The Kier molecular flexibility index (Phi) is 3.36. The molecular weight excluding hydrogens is 260 g/mol. The summed E-state index contributed by atoms with van der Waals surface area (Å²) < 4.78 is 0. The summed E-state index contributed by atoms with van der Waals surface area (Å²) in [6.07, 6.45) is 4.34. The molecule has 0 amide bonds. The Labute approximate surface area is 117 Å². The molecule has 0 saturated carbocycles. The first kappa shape index (κ1) is 12.4. The Hall–Kier alpha value is -1.65. The van der Waals surface area contributed by atoms with E-state index in [0.717, 1.165) is 35.5 Å². The highest BCUT2D eigenvalue weighted by Gasteiger charge is 2.17. The zero-order valence-corrected chi connectivity index (χ0v) is 11.2. The molecule has 0 spiro atoms. The molecule has 0 aliphatic heterocycles. The molecule has 0 atom stereocenters. The number of hydrogen-bond acceptors (Lipinski definition) is 4. The SMILES string of the molecule is NNc1nc(-c2ccc(Cl)cc2)nc2c1CCCC2. The highest BCUT2D eigenvalue weighted by molar-refractivity contribution is 6.30. The zero-order chi connectivity index (χ0) is 13.2. The summed E-state index contributed by atoms with van der Waals surface area (Å²) in [6.45, 7) is 0. The second kappa shape index (κ2) is 5.15. The van der Waals surface area contributed by atoms with E-state index < -0.39 is 0 Å². The largest absolute Gasteiger partial charge is 0.308 e. The summed E-state index contributed by atoms with van der Waals surface area (Å²) in [5.74, 6) is 7.03. The topological polar surface area (TPSA) is 63.8 Å². The Bertz CT molecular complexity index is 578. The molecule has 0 radical (unpaired) electrons. The third kappa shape index (κ3) is 2.41. The molecule has 1 aromatic carbocycles. The number of hydrogen-bond donors (Lipinski definition) is 2. The van der Waals surface area contributed by atoms with E-state index in [0.29, 0.717) is 10.8 Å². The third-order valence-corrected chi connectivity index (χ3v) is 3.67. The van der Waals surface area contributed by atoms with E-state index in [9.17, 15) is 0 Å². The lowest BCUT2D eigenvalue weighted by Crippen LogP contribution is -2.17. The van der Waals surface area contributed by atoms with Gasteiger partial charge in [0, 0.05) is 21.8 Å². The van der Waals surface area contributed by atoms with Gasteiger partial charge in [0.25, 0.3) is 0 Å². The molecule has 3 rings (SSSR count). The van der Waals surface area contributed by atoms with E-state index in [1.165, 1.54) is 12.8 Å². The maximum Gasteiger partial charge on any atom is 0.161 e. The lowest BCUT2D eigenvalue weighted by molar-refractivity contribution is 0.665. The summed E-state index contributed by atoms with van der Waals surface area (Å²) in [5.41, 5.74) is 5.92. The van der Waals surface area contributed by atoms with Crippen LogP contribution in [-0.2, 0) is 12.8 Å². The molecule has 0 fully saturated rings. The van der Waals surface area contributed by atoms with Gasteiger partial charge in [0.05, 0.1) is 0 Å². The average molecular weight is 275 g/mol. The van der Waals surface area contributed by atoms with Gasteiger partial charge in [0.2, 0.25) is 0 Å². The monoisotopic (exact) mass is 274 g/mol. The standard InChI is InChI=1S/C14H15ClN4/c15-10-7-5-9(6-8-10)13-17-12-4-2-1-3-11(12)14(18-13)19-16/h5-8H,1-4,16H2,(H,17,18,19). The normalized spacial score (nSPS) is 14.0. The fraction of sp³-hybridized carbons (Fsp3) is 0.286. The minimum Gasteiger partial charge on any atom is -0.308 e. The second-order valence-electron chi connectivity index (χ2n) is 4.68. The molecular formula is C14H15ClN4. The van der Waals surface area contributed by atoms with E-state index in [2.05, 4.69) is 15.4 Å². The molecule has 98 valence electrons. The van der Waals surface area contributed by atoms with Gasteiger partial charge < -0.3 is 5.43 Å². The first-order valence-electron chi connectivity index (χ1n) is 6.40. The van der Waals surface area contributed by atoms with Crippen molar-refractivity contribution < 1.29 is 0 Å². The number of aryl methyl sites for hydroxylation is 1. The number of aromatic nitrogens is 2. The van der Waals surface area contributed by atoms with E-state index >= 15 is 0 Å². The number of benzene rings is 1. The van der Waals surface area contributed by atoms with Crippen LogP contribution < -0.4 is 11.3 Å². The third-order valence-electron chi connectivity index (χ3n) is 3.42. The first-order valence-corrected chi connectivity index (χ1v) is 6.78. The molecule has 19 heavy (non-hydrogen) atoms. The quantitative estimate of drug-likeness (QED) is 0.653. The smallest absolute Gasteiger partial charge is 0.161 e. The van der Waals surface area contributed by atoms with Gasteiger partial charge in [-0.15, -0.1) is 0 Å². The van der Waals surface area contributed by atoms with Crippen LogP contribution in [0.4, 0.5) is 5.82 Å². The van der Waals surface area contributed by atoms with Crippen LogP contribution in [0.15, 0.2) is 24.3 Å². The van der Waals surface area contributed by atoms with Crippen molar-refractivity contribution in [3.8, 4) is 11.4 Å². The molecule has 1 aliphatic carbocycles. The van der Waals surface area contributed by atoms with Crippen LogP contribution in [0.5, 0.6) is 0 Å². The van der Waals surface area contributed by atoms with Crippen LogP contribution in [-0.4, -0.2) is 9.97 Å². The number of fused-ring (bicyclic) bond motifs is 1. The summed E-state index contributed by atoms with van der Waals surface area (Å²) in [6, 6.07) is 7.53. The second-order valence-corrected chi connectivity index (χ2v) is 5.12. The number of rotatable bonds is 2. The molecule has 4 nitrogen and oxygen atoms in total. The fourth-order valence-electron chi connectivity index (χ4n) is 2.44. The molecule has 3 N–H and O–H groups in total. The van der Waals surface area contributed by atoms with Gasteiger partial charge in [-0.3, -0.25) is 0 Å². The van der Waals surface area contributed by atoms with Crippen molar-refractivity contribution >= 4 is 17.4 Å². The number of nitrogen functional groups attached to an aromatic ring is 1.